The quantitative estimate of drug-likeness (QED) is 0.833. The molecule has 4 fully saturated rings. The molecule has 3 aliphatic heterocycles. The first-order valence-corrected chi connectivity index (χ1v) is 11.2. The summed E-state index contributed by atoms with van der Waals surface area (Å²) in [5, 5.41) is 0. The zero-order valence-corrected chi connectivity index (χ0v) is 16.9. The molecule has 2 aromatic heterocycles. The smallest absolute Gasteiger partial charge is 0.106 e. The topological polar surface area (TPSA) is 48.1 Å². The number of aromatic nitrogens is 3. The first kappa shape index (κ1) is 18.3. The fourth-order valence-corrected chi connectivity index (χ4v) is 5.65. The first-order chi connectivity index (χ1) is 13.8. The Hall–Kier alpha value is -1.72. The monoisotopic (exact) mass is 379 g/mol. The van der Waals surface area contributed by atoms with Crippen molar-refractivity contribution in [3.05, 3.63) is 47.8 Å². The number of nitrogens with zero attached hydrogens (tertiary/aromatic N) is 4. The Kier molecular flexibility index (Phi) is 5.45. The fourth-order valence-electron chi connectivity index (χ4n) is 5.65. The molecule has 6 rings (SSSR count). The van der Waals surface area contributed by atoms with Gasteiger partial charge in [-0.3, -0.25) is 14.8 Å². The molecule has 3 saturated heterocycles. The largest absolute Gasteiger partial charge is 0.345 e. The van der Waals surface area contributed by atoms with Crippen LogP contribution >= 0.6 is 0 Å². The third kappa shape index (κ3) is 4.31. The van der Waals surface area contributed by atoms with Crippen molar-refractivity contribution in [2.45, 2.75) is 64.1 Å². The van der Waals surface area contributed by atoms with Gasteiger partial charge in [-0.05, 0) is 36.3 Å². The molecule has 2 bridgehead atoms. The number of hydrogen-bond donors (Lipinski definition) is 1. The van der Waals surface area contributed by atoms with Crippen LogP contribution in [0.25, 0.3) is 0 Å². The summed E-state index contributed by atoms with van der Waals surface area (Å²) < 4.78 is 0. The van der Waals surface area contributed by atoms with Crippen molar-refractivity contribution in [3.8, 4) is 0 Å². The third-order valence-corrected chi connectivity index (χ3v) is 7.04. The number of piperidine rings is 1. The molecule has 0 spiro atoms. The molecule has 1 N–H and O–H groups in total. The van der Waals surface area contributed by atoms with E-state index in [-0.39, 0.29) is 0 Å². The van der Waals surface area contributed by atoms with E-state index in [2.05, 4.69) is 38.1 Å². The van der Waals surface area contributed by atoms with Gasteiger partial charge in [0.2, 0.25) is 0 Å². The number of fused-ring (bicyclic) bond motifs is 4. The highest BCUT2D eigenvalue weighted by molar-refractivity contribution is 5.09. The number of hydrogen-bond acceptors (Lipinski definition) is 4. The summed E-state index contributed by atoms with van der Waals surface area (Å²) in [5.74, 6) is 2.85. The van der Waals surface area contributed by atoms with Crippen LogP contribution in [0.5, 0.6) is 0 Å². The number of H-pyrrole nitrogens is 1. The lowest BCUT2D eigenvalue weighted by Crippen LogP contribution is -2.43. The molecule has 5 heterocycles. The second-order valence-corrected chi connectivity index (χ2v) is 9.29. The lowest BCUT2D eigenvalue weighted by molar-refractivity contribution is 0.121. The van der Waals surface area contributed by atoms with E-state index in [0.717, 1.165) is 31.3 Å². The van der Waals surface area contributed by atoms with E-state index in [1.165, 1.54) is 75.2 Å². The molecule has 0 radical (unpaired) electrons. The summed E-state index contributed by atoms with van der Waals surface area (Å²) in [6.07, 6.45) is 15.4. The molecular formula is C23H33N5. The summed E-state index contributed by atoms with van der Waals surface area (Å²) in [4.78, 5) is 18.0. The Morgan fingerprint density at radius 2 is 1.93 bits per heavy atom. The van der Waals surface area contributed by atoms with Crippen molar-refractivity contribution in [3.63, 3.8) is 0 Å². The minimum Gasteiger partial charge on any atom is -0.345 e. The number of imidazole rings is 1. The Morgan fingerprint density at radius 3 is 2.79 bits per heavy atom. The van der Waals surface area contributed by atoms with Gasteiger partial charge in [0.25, 0.3) is 0 Å². The van der Waals surface area contributed by atoms with Gasteiger partial charge in [0, 0.05) is 69.5 Å². The number of nitrogens with one attached hydrogen (secondary N) is 1. The van der Waals surface area contributed by atoms with Gasteiger partial charge in [-0.1, -0.05) is 31.7 Å². The summed E-state index contributed by atoms with van der Waals surface area (Å²) >= 11 is 0. The van der Waals surface area contributed by atoms with E-state index in [4.69, 9.17) is 4.98 Å². The van der Waals surface area contributed by atoms with Crippen LogP contribution in [0, 0.1) is 11.8 Å². The maximum atomic E-state index is 4.70. The molecule has 1 aliphatic carbocycles. The van der Waals surface area contributed by atoms with Crippen LogP contribution in [0.15, 0.2) is 30.7 Å². The molecule has 2 aromatic rings. The minimum absolute atomic E-state index is 0.664. The molecule has 5 heteroatoms. The van der Waals surface area contributed by atoms with Crippen molar-refractivity contribution in [1.29, 1.82) is 0 Å². The molecule has 5 nitrogen and oxygen atoms in total. The molecule has 0 amide bonds. The molecular weight excluding hydrogens is 346 g/mol. The van der Waals surface area contributed by atoms with E-state index >= 15 is 0 Å². The molecule has 1 saturated carbocycles. The second-order valence-electron chi connectivity index (χ2n) is 9.29. The predicted octanol–water partition coefficient (Wildman–Crippen LogP) is 3.63. The van der Waals surface area contributed by atoms with Gasteiger partial charge in [-0.2, -0.15) is 0 Å². The lowest BCUT2D eigenvalue weighted by atomic mass is 9.95. The van der Waals surface area contributed by atoms with Crippen LogP contribution in [0.3, 0.4) is 0 Å². The third-order valence-electron chi connectivity index (χ3n) is 7.04. The number of aromatic amines is 1. The van der Waals surface area contributed by atoms with Gasteiger partial charge in [-0.25, -0.2) is 4.98 Å². The van der Waals surface area contributed by atoms with Crippen LogP contribution in [-0.4, -0.2) is 50.4 Å². The molecule has 150 valence electrons. The highest BCUT2D eigenvalue weighted by Gasteiger charge is 2.34. The number of rotatable bonds is 6. The predicted molar refractivity (Wildman–Crippen MR) is 111 cm³/mol. The van der Waals surface area contributed by atoms with Crippen molar-refractivity contribution < 1.29 is 0 Å². The van der Waals surface area contributed by atoms with Crippen LogP contribution in [0.1, 0.15) is 55.6 Å². The molecule has 4 aliphatic rings. The number of pyridine rings is 1. The highest BCUT2D eigenvalue weighted by Crippen LogP contribution is 2.30. The van der Waals surface area contributed by atoms with E-state index < -0.39 is 0 Å². The van der Waals surface area contributed by atoms with Gasteiger partial charge in [0.05, 0.1) is 0 Å². The van der Waals surface area contributed by atoms with E-state index in [1.807, 2.05) is 12.4 Å². The normalized spacial score (nSPS) is 26.7. The summed E-state index contributed by atoms with van der Waals surface area (Å²) in [6.45, 7) is 5.68. The van der Waals surface area contributed by atoms with Crippen LogP contribution in [-0.2, 0) is 19.5 Å². The average molecular weight is 380 g/mol. The maximum absolute atomic E-state index is 4.70. The lowest BCUT2D eigenvalue weighted by Gasteiger charge is -2.35. The molecule has 2 atom stereocenters. The summed E-state index contributed by atoms with van der Waals surface area (Å²) in [7, 11) is 0. The fraction of sp³-hybridized carbons (Fsp3) is 0.652. The van der Waals surface area contributed by atoms with Gasteiger partial charge >= 0.3 is 0 Å². The molecule has 0 aromatic carbocycles. The first-order valence-electron chi connectivity index (χ1n) is 11.2. The Labute approximate surface area is 168 Å². The van der Waals surface area contributed by atoms with E-state index in [9.17, 15) is 0 Å². The Bertz CT molecular complexity index is 751. The average Bonchev–Trinajstić information content (AvgIpc) is 3.30. The summed E-state index contributed by atoms with van der Waals surface area (Å²) in [5.41, 5.74) is 2.64. The highest BCUT2D eigenvalue weighted by atomic mass is 15.3. The summed E-state index contributed by atoms with van der Waals surface area (Å²) in [6, 6.07) is 4.92. The molecule has 0 unspecified atom stereocenters. The van der Waals surface area contributed by atoms with Gasteiger partial charge in [0.1, 0.15) is 5.82 Å². The van der Waals surface area contributed by atoms with E-state index in [0.29, 0.717) is 6.04 Å². The van der Waals surface area contributed by atoms with Gasteiger partial charge < -0.3 is 4.98 Å². The van der Waals surface area contributed by atoms with Crippen LogP contribution in [0.4, 0.5) is 0 Å². The zero-order valence-electron chi connectivity index (χ0n) is 16.9. The van der Waals surface area contributed by atoms with Crippen LogP contribution < -0.4 is 0 Å². The van der Waals surface area contributed by atoms with Crippen molar-refractivity contribution in [1.82, 2.24) is 24.8 Å². The van der Waals surface area contributed by atoms with Crippen molar-refractivity contribution >= 4 is 0 Å². The van der Waals surface area contributed by atoms with Gasteiger partial charge in [-0.15, -0.1) is 0 Å². The maximum Gasteiger partial charge on any atom is 0.106 e. The minimum atomic E-state index is 0.664. The second kappa shape index (κ2) is 8.34. The zero-order chi connectivity index (χ0) is 18.8. The van der Waals surface area contributed by atoms with Gasteiger partial charge in [0.15, 0.2) is 0 Å². The van der Waals surface area contributed by atoms with Crippen molar-refractivity contribution in [2.75, 3.05) is 19.6 Å². The van der Waals surface area contributed by atoms with E-state index in [1.54, 1.807) is 0 Å². The standard InChI is InChI=1S/C23H33N5/c1-2-5-18(4-1)10-23-25-12-21(26-23)16-28-15-20-7-8-22(28)17-27(14-20)13-19-6-3-9-24-11-19/h3,6,9,11-12,18,20,22H,1-2,4-5,7-8,10,13-17H2,(H,25,26)/t20-,22+/m1/s1. The Morgan fingerprint density at radius 1 is 1.00 bits per heavy atom. The molecule has 28 heavy (non-hydrogen) atoms. The Balaban J connectivity index is 1.20. The SMILES string of the molecule is c1cncc(CN2C[C@H]3CC[C@@H](C2)N(Cc2cnc(CC4CCCC4)[nH]2)C3)c1. The van der Waals surface area contributed by atoms with Crippen LogP contribution in [0.2, 0.25) is 0 Å². The van der Waals surface area contributed by atoms with Crippen molar-refractivity contribution in [2.24, 2.45) is 11.8 Å².